The number of fused-ring (bicyclic) bond motifs is 2. The Labute approximate surface area is 316 Å². The van der Waals surface area contributed by atoms with E-state index in [4.69, 9.17) is 28.2 Å². The number of benzene rings is 6. The number of aromatic amines is 2. The molecule has 0 saturated heterocycles. The van der Waals surface area contributed by atoms with Crippen LogP contribution >= 0.6 is 23.2 Å². The molecule has 0 unspecified atom stereocenters. The van der Waals surface area contributed by atoms with Crippen LogP contribution in [0, 0.1) is 20.8 Å². The second kappa shape index (κ2) is 15.2. The van der Waals surface area contributed by atoms with Crippen molar-refractivity contribution < 1.29 is 9.59 Å². The second-order valence-electron chi connectivity index (χ2n) is 12.6. The zero-order valence-electron chi connectivity index (χ0n) is 29.1. The Morgan fingerprint density at radius 3 is 1.53 bits per heavy atom. The second-order valence-corrected chi connectivity index (χ2v) is 13.5. The minimum atomic E-state index is -0.193. The van der Waals surface area contributed by atoms with Gasteiger partial charge in [0.2, 0.25) is 0 Å². The van der Waals surface area contributed by atoms with Crippen LogP contribution in [0.2, 0.25) is 10.0 Å². The lowest BCUT2D eigenvalue weighted by molar-refractivity contribution is 0.101. The van der Waals surface area contributed by atoms with Crippen molar-refractivity contribution >= 4 is 68.5 Å². The van der Waals surface area contributed by atoms with Gasteiger partial charge in [-0.05, 0) is 110 Å². The zero-order chi connectivity index (χ0) is 37.1. The molecule has 2 heterocycles. The lowest BCUT2D eigenvalue weighted by atomic mass is 10.0. The molecule has 0 radical (unpaired) electrons. The largest absolute Gasteiger partial charge is 0.338 e. The van der Waals surface area contributed by atoms with Crippen LogP contribution in [0.1, 0.15) is 37.4 Å². The lowest BCUT2D eigenvalue weighted by Crippen LogP contribution is -2.11. The number of halogens is 2. The van der Waals surface area contributed by atoms with Crippen LogP contribution in [0.25, 0.3) is 44.8 Å². The molecule has 53 heavy (non-hydrogen) atoms. The Kier molecular flexibility index (Phi) is 10.1. The maximum absolute atomic E-state index is 12.6. The number of amides is 2. The van der Waals surface area contributed by atoms with Crippen LogP contribution in [0.3, 0.4) is 0 Å². The molecule has 0 aliphatic heterocycles. The molecule has 4 N–H and O–H groups in total. The summed E-state index contributed by atoms with van der Waals surface area (Å²) >= 11 is 11.9. The number of imidazole rings is 2. The molecule has 10 heteroatoms. The van der Waals surface area contributed by atoms with Crippen molar-refractivity contribution in [2.45, 2.75) is 20.8 Å². The van der Waals surface area contributed by atoms with E-state index in [0.29, 0.717) is 32.5 Å². The molecule has 0 spiro atoms. The smallest absolute Gasteiger partial charge is 0.255 e. The lowest BCUT2D eigenvalue weighted by Gasteiger charge is -2.06. The van der Waals surface area contributed by atoms with E-state index in [9.17, 15) is 9.59 Å². The summed E-state index contributed by atoms with van der Waals surface area (Å²) in [5, 5.41) is 6.87. The summed E-state index contributed by atoms with van der Waals surface area (Å²) in [6.45, 7) is 6.19. The number of aromatic nitrogens is 4. The highest BCUT2D eigenvalue weighted by atomic mass is 35.5. The number of carbonyl (C=O) groups is 2. The van der Waals surface area contributed by atoms with Gasteiger partial charge in [-0.2, -0.15) is 0 Å². The Morgan fingerprint density at radius 1 is 0.528 bits per heavy atom. The fourth-order valence-corrected chi connectivity index (χ4v) is 6.49. The molecule has 0 saturated carbocycles. The molecule has 0 fully saturated rings. The van der Waals surface area contributed by atoms with Crippen molar-refractivity contribution in [3.8, 4) is 22.8 Å². The van der Waals surface area contributed by atoms with Gasteiger partial charge in [-0.3, -0.25) is 9.59 Å². The molecule has 0 aliphatic carbocycles. The Balaban J connectivity index is 0.000000164. The predicted molar refractivity (Wildman–Crippen MR) is 216 cm³/mol. The average Bonchev–Trinajstić information content (AvgIpc) is 3.76. The van der Waals surface area contributed by atoms with Crippen molar-refractivity contribution in [2.24, 2.45) is 0 Å². The molecular weight excluding hydrogens is 703 g/mol. The highest BCUT2D eigenvalue weighted by Crippen LogP contribution is 2.28. The van der Waals surface area contributed by atoms with Gasteiger partial charge in [-0.1, -0.05) is 77.8 Å². The van der Waals surface area contributed by atoms with Gasteiger partial charge in [0.25, 0.3) is 11.8 Å². The summed E-state index contributed by atoms with van der Waals surface area (Å²) in [7, 11) is 0. The summed E-state index contributed by atoms with van der Waals surface area (Å²) in [5.74, 6) is 1.22. The first-order valence-electron chi connectivity index (χ1n) is 16.9. The van der Waals surface area contributed by atoms with Crippen molar-refractivity contribution in [1.82, 2.24) is 19.9 Å². The molecule has 2 amide bonds. The van der Waals surface area contributed by atoms with Gasteiger partial charge in [-0.15, -0.1) is 0 Å². The first kappa shape index (κ1) is 35.2. The SMILES string of the molecule is Cc1cccc(C)c1-c1nc2ccc(C(=O)Nc3cccc(Cl)c3)cc2[nH]1.Cc1ccccc1-c1nc2ccc(C(=O)Nc3cccc(Cl)c3)cc2[nH]1. The maximum atomic E-state index is 12.6. The average molecular weight is 738 g/mol. The topological polar surface area (TPSA) is 116 Å². The maximum Gasteiger partial charge on any atom is 0.255 e. The third-order valence-electron chi connectivity index (χ3n) is 8.77. The van der Waals surface area contributed by atoms with E-state index in [0.717, 1.165) is 61.5 Å². The van der Waals surface area contributed by atoms with Crippen molar-refractivity contribution in [3.63, 3.8) is 0 Å². The fraction of sp³-hybridized carbons (Fsp3) is 0.0698. The summed E-state index contributed by atoms with van der Waals surface area (Å²) in [6, 6.07) is 39.3. The summed E-state index contributed by atoms with van der Waals surface area (Å²) in [6.07, 6.45) is 0. The number of hydrogen-bond acceptors (Lipinski definition) is 4. The van der Waals surface area contributed by atoms with Crippen molar-refractivity contribution in [3.05, 3.63) is 165 Å². The number of H-pyrrole nitrogens is 2. The summed E-state index contributed by atoms with van der Waals surface area (Å²) in [4.78, 5) is 41.1. The third kappa shape index (κ3) is 7.99. The number of hydrogen-bond donors (Lipinski definition) is 4. The Morgan fingerprint density at radius 2 is 1.00 bits per heavy atom. The molecule has 0 aliphatic rings. The molecule has 6 aromatic carbocycles. The molecule has 2 aromatic heterocycles. The number of rotatable bonds is 6. The van der Waals surface area contributed by atoms with Gasteiger partial charge in [0.15, 0.2) is 0 Å². The molecule has 8 nitrogen and oxygen atoms in total. The van der Waals surface area contributed by atoms with E-state index in [2.05, 4.69) is 51.6 Å². The number of nitrogens with one attached hydrogen (secondary N) is 4. The van der Waals surface area contributed by atoms with E-state index in [1.165, 1.54) is 0 Å². The number of aryl methyl sites for hydroxylation is 3. The van der Waals surface area contributed by atoms with Crippen LogP contribution in [-0.2, 0) is 0 Å². The van der Waals surface area contributed by atoms with Gasteiger partial charge >= 0.3 is 0 Å². The highest BCUT2D eigenvalue weighted by Gasteiger charge is 2.14. The summed E-state index contributed by atoms with van der Waals surface area (Å²) < 4.78 is 0. The molecular formula is C43H34Cl2N6O2. The standard InChI is InChI=1S/C22H18ClN3O.C21H16ClN3O/c1-13-5-3-6-14(2)20(13)21-25-18-10-9-15(11-19(18)26-21)22(27)24-17-8-4-7-16(23)12-17;1-13-5-2-3-8-17(13)20-24-18-10-9-14(11-19(18)25-20)21(26)23-16-7-4-6-15(22)12-16/h3-12H,1-2H3,(H,24,27)(H,25,26);2-12H,1H3,(H,23,26)(H,24,25). The predicted octanol–water partition coefficient (Wildman–Crippen LogP) is 11.2. The Bertz CT molecular complexity index is 2620. The minimum absolute atomic E-state index is 0.192. The van der Waals surface area contributed by atoms with E-state index >= 15 is 0 Å². The quantitative estimate of drug-likeness (QED) is 0.136. The van der Waals surface area contributed by atoms with E-state index in [1.54, 1.807) is 60.7 Å². The number of carbonyl (C=O) groups excluding carboxylic acids is 2. The molecule has 8 aromatic rings. The van der Waals surface area contributed by atoms with Gasteiger partial charge in [0.1, 0.15) is 11.6 Å². The third-order valence-corrected chi connectivity index (χ3v) is 9.24. The van der Waals surface area contributed by atoms with Crippen molar-refractivity contribution in [2.75, 3.05) is 10.6 Å². The Hall–Kier alpha value is -6.22. The zero-order valence-corrected chi connectivity index (χ0v) is 30.6. The summed E-state index contributed by atoms with van der Waals surface area (Å²) in [5.41, 5.74) is 11.3. The minimum Gasteiger partial charge on any atom is -0.338 e. The monoisotopic (exact) mass is 736 g/mol. The molecule has 0 bridgehead atoms. The van der Waals surface area contributed by atoms with E-state index < -0.39 is 0 Å². The normalized spacial score (nSPS) is 10.9. The first-order chi connectivity index (χ1) is 25.6. The number of anilines is 2. The van der Waals surface area contributed by atoms with Crippen molar-refractivity contribution in [1.29, 1.82) is 0 Å². The van der Waals surface area contributed by atoms with Crippen LogP contribution in [-0.4, -0.2) is 31.8 Å². The van der Waals surface area contributed by atoms with Crippen LogP contribution in [0.5, 0.6) is 0 Å². The van der Waals surface area contributed by atoms with E-state index in [-0.39, 0.29) is 11.8 Å². The first-order valence-corrected chi connectivity index (χ1v) is 17.6. The van der Waals surface area contributed by atoms with Gasteiger partial charge in [0.05, 0.1) is 22.1 Å². The van der Waals surface area contributed by atoms with Crippen LogP contribution < -0.4 is 10.6 Å². The van der Waals surface area contributed by atoms with E-state index in [1.807, 2.05) is 61.5 Å². The fourth-order valence-electron chi connectivity index (χ4n) is 6.11. The van der Waals surface area contributed by atoms with Gasteiger partial charge < -0.3 is 20.6 Å². The molecule has 0 atom stereocenters. The highest BCUT2D eigenvalue weighted by molar-refractivity contribution is 6.31. The molecule has 8 rings (SSSR count). The van der Waals surface area contributed by atoms with Crippen LogP contribution in [0.15, 0.2) is 127 Å². The van der Waals surface area contributed by atoms with Crippen LogP contribution in [0.4, 0.5) is 11.4 Å². The van der Waals surface area contributed by atoms with Gasteiger partial charge in [-0.25, -0.2) is 9.97 Å². The van der Waals surface area contributed by atoms with Gasteiger partial charge in [0, 0.05) is 43.7 Å². The number of nitrogens with zero attached hydrogens (tertiary/aromatic N) is 2. The molecule has 262 valence electrons.